The molecule has 1 aromatic carbocycles. The third-order valence-electron chi connectivity index (χ3n) is 2.05. The van der Waals surface area contributed by atoms with E-state index in [1.807, 2.05) is 23.9 Å². The molecule has 1 unspecified atom stereocenters. The van der Waals surface area contributed by atoms with Gasteiger partial charge >= 0.3 is 29.6 Å². The zero-order chi connectivity index (χ0) is 9.42. The zero-order valence-corrected chi connectivity index (χ0v) is 10.9. The summed E-state index contributed by atoms with van der Waals surface area (Å²) < 4.78 is 23.2. The molecule has 0 aliphatic rings. The minimum absolute atomic E-state index is 0. The number of rotatable bonds is 1. The molecule has 1 aromatic heterocycles. The van der Waals surface area contributed by atoms with E-state index in [1.165, 1.54) is 0 Å². The van der Waals surface area contributed by atoms with Crippen molar-refractivity contribution < 1.29 is 38.3 Å². The quantitative estimate of drug-likeness (QED) is 0.427. The third-order valence-corrected chi connectivity index (χ3v) is 2.69. The van der Waals surface area contributed by atoms with Crippen molar-refractivity contribution in [3.8, 4) is 0 Å². The minimum atomic E-state index is -2.14. The van der Waals surface area contributed by atoms with Crippen LogP contribution in [0, 0.1) is 0 Å². The maximum Gasteiger partial charge on any atom is 1.00 e. The SMILES string of the molecule is Cn1ccc2ccc(S(=O)[O-])cc21.[Na+]. The van der Waals surface area contributed by atoms with Crippen LogP contribution in [0.4, 0.5) is 0 Å². The molecule has 0 aliphatic heterocycles. The van der Waals surface area contributed by atoms with Crippen molar-refractivity contribution in [2.75, 3.05) is 0 Å². The molecule has 2 rings (SSSR count). The maximum atomic E-state index is 10.7. The van der Waals surface area contributed by atoms with Crippen molar-refractivity contribution in [1.82, 2.24) is 4.57 Å². The number of aryl methyl sites for hydroxylation is 1. The van der Waals surface area contributed by atoms with Crippen molar-refractivity contribution in [3.05, 3.63) is 30.5 Å². The Morgan fingerprint density at radius 2 is 2.07 bits per heavy atom. The van der Waals surface area contributed by atoms with Gasteiger partial charge in [-0.2, -0.15) is 0 Å². The summed E-state index contributed by atoms with van der Waals surface area (Å²) in [6, 6.07) is 7.02. The minimum Gasteiger partial charge on any atom is -0.768 e. The Morgan fingerprint density at radius 3 is 2.71 bits per heavy atom. The predicted molar refractivity (Wildman–Crippen MR) is 50.1 cm³/mol. The van der Waals surface area contributed by atoms with Gasteiger partial charge in [0.1, 0.15) is 0 Å². The Balaban J connectivity index is 0.000000980. The van der Waals surface area contributed by atoms with Gasteiger partial charge in [0.2, 0.25) is 0 Å². The van der Waals surface area contributed by atoms with E-state index in [4.69, 9.17) is 0 Å². The van der Waals surface area contributed by atoms with Crippen molar-refractivity contribution in [2.45, 2.75) is 4.90 Å². The molecule has 14 heavy (non-hydrogen) atoms. The fraction of sp³-hybridized carbons (Fsp3) is 0.111. The standard InChI is InChI=1S/C9H9NO2S.Na/c1-10-5-4-7-2-3-8(13(11)12)6-9(7)10;/h2-6H,1H3,(H,11,12);/q;+1/p-1. The molecule has 0 bridgehead atoms. The van der Waals surface area contributed by atoms with E-state index in [0.29, 0.717) is 4.90 Å². The van der Waals surface area contributed by atoms with Crippen molar-refractivity contribution >= 4 is 22.0 Å². The molecular formula is C9H8NNaO2S. The first kappa shape index (κ1) is 11.9. The van der Waals surface area contributed by atoms with Crippen LogP contribution in [0.5, 0.6) is 0 Å². The smallest absolute Gasteiger partial charge is 0.768 e. The largest absolute Gasteiger partial charge is 1.00 e. The van der Waals surface area contributed by atoms with E-state index in [2.05, 4.69) is 0 Å². The first-order valence-electron chi connectivity index (χ1n) is 3.83. The maximum absolute atomic E-state index is 10.7. The number of fused-ring (bicyclic) bond motifs is 1. The summed E-state index contributed by atoms with van der Waals surface area (Å²) in [6.07, 6.45) is 1.90. The molecule has 0 amide bonds. The van der Waals surface area contributed by atoms with E-state index in [1.54, 1.807) is 18.2 Å². The van der Waals surface area contributed by atoms with Gasteiger partial charge in [-0.05, 0) is 34.7 Å². The number of hydrogen-bond acceptors (Lipinski definition) is 2. The summed E-state index contributed by atoms with van der Waals surface area (Å²) in [5.74, 6) is 0. The fourth-order valence-electron chi connectivity index (χ4n) is 1.35. The van der Waals surface area contributed by atoms with Gasteiger partial charge in [-0.1, -0.05) is 6.07 Å². The molecule has 1 atom stereocenters. The van der Waals surface area contributed by atoms with E-state index in [0.717, 1.165) is 10.9 Å². The first-order chi connectivity index (χ1) is 6.18. The Labute approximate surface area is 107 Å². The van der Waals surface area contributed by atoms with E-state index >= 15 is 0 Å². The monoisotopic (exact) mass is 217 g/mol. The van der Waals surface area contributed by atoms with E-state index in [9.17, 15) is 8.76 Å². The zero-order valence-electron chi connectivity index (χ0n) is 8.06. The van der Waals surface area contributed by atoms with Crippen LogP contribution >= 0.6 is 0 Å². The average molecular weight is 217 g/mol. The Kier molecular flexibility index (Phi) is 3.92. The summed E-state index contributed by atoms with van der Waals surface area (Å²) in [4.78, 5) is 0.328. The van der Waals surface area contributed by atoms with Crippen LogP contribution in [0.1, 0.15) is 0 Å². The number of aromatic nitrogens is 1. The Morgan fingerprint density at radius 1 is 1.36 bits per heavy atom. The molecule has 0 fully saturated rings. The molecule has 1 heterocycles. The molecule has 0 aliphatic carbocycles. The summed E-state index contributed by atoms with van der Waals surface area (Å²) >= 11 is -2.14. The molecule has 0 N–H and O–H groups in total. The van der Waals surface area contributed by atoms with Gasteiger partial charge in [0.25, 0.3) is 0 Å². The number of nitrogens with zero attached hydrogens (tertiary/aromatic N) is 1. The van der Waals surface area contributed by atoms with Crippen molar-refractivity contribution in [3.63, 3.8) is 0 Å². The van der Waals surface area contributed by atoms with Crippen LogP contribution in [0.25, 0.3) is 10.9 Å². The second-order valence-electron chi connectivity index (χ2n) is 2.88. The average Bonchev–Trinajstić information content (AvgIpc) is 2.47. The fourth-order valence-corrected chi connectivity index (χ4v) is 1.73. The normalized spacial score (nSPS) is 12.4. The van der Waals surface area contributed by atoms with Crippen molar-refractivity contribution in [2.24, 2.45) is 7.05 Å². The van der Waals surface area contributed by atoms with Crippen LogP contribution in [-0.2, 0) is 18.1 Å². The van der Waals surface area contributed by atoms with Gasteiger partial charge in [0.05, 0.1) is 0 Å². The molecular weight excluding hydrogens is 209 g/mol. The van der Waals surface area contributed by atoms with Crippen LogP contribution in [-0.4, -0.2) is 13.3 Å². The second-order valence-corrected chi connectivity index (χ2v) is 3.82. The summed E-state index contributed by atoms with van der Waals surface area (Å²) in [7, 11) is 1.89. The molecule has 0 radical (unpaired) electrons. The summed E-state index contributed by atoms with van der Waals surface area (Å²) in [6.45, 7) is 0. The van der Waals surface area contributed by atoms with E-state index in [-0.39, 0.29) is 29.6 Å². The number of benzene rings is 1. The Bertz CT molecular complexity index is 481. The van der Waals surface area contributed by atoms with Gasteiger partial charge in [0.15, 0.2) is 0 Å². The van der Waals surface area contributed by atoms with Crippen LogP contribution in [0.15, 0.2) is 35.4 Å². The molecule has 68 valence electrons. The van der Waals surface area contributed by atoms with Gasteiger partial charge in [-0.15, -0.1) is 0 Å². The third kappa shape index (κ3) is 2.10. The molecule has 3 nitrogen and oxygen atoms in total. The van der Waals surface area contributed by atoms with Gasteiger partial charge in [-0.3, -0.25) is 4.21 Å². The van der Waals surface area contributed by atoms with Crippen LogP contribution in [0.2, 0.25) is 0 Å². The Hall–Kier alpha value is -0.130. The van der Waals surface area contributed by atoms with E-state index < -0.39 is 11.1 Å². The summed E-state index contributed by atoms with van der Waals surface area (Å²) in [5, 5.41) is 1.05. The van der Waals surface area contributed by atoms with Crippen LogP contribution in [0.3, 0.4) is 0 Å². The molecule has 0 saturated heterocycles. The second kappa shape index (κ2) is 4.59. The predicted octanol–water partition coefficient (Wildman–Crippen LogP) is -1.58. The van der Waals surface area contributed by atoms with Gasteiger partial charge < -0.3 is 9.12 Å². The molecule has 0 spiro atoms. The first-order valence-corrected chi connectivity index (χ1v) is 4.90. The van der Waals surface area contributed by atoms with Crippen molar-refractivity contribution in [1.29, 1.82) is 0 Å². The molecule has 5 heteroatoms. The van der Waals surface area contributed by atoms with Gasteiger partial charge in [0, 0.05) is 23.7 Å². The number of hydrogen-bond donors (Lipinski definition) is 0. The van der Waals surface area contributed by atoms with Gasteiger partial charge in [-0.25, -0.2) is 0 Å². The topological polar surface area (TPSA) is 45.1 Å². The summed E-state index contributed by atoms with van der Waals surface area (Å²) in [5.41, 5.74) is 0.932. The van der Waals surface area contributed by atoms with Crippen LogP contribution < -0.4 is 29.6 Å². The molecule has 0 saturated carbocycles. The molecule has 2 aromatic rings.